The molecular formula is C11H6FNO4S. The van der Waals surface area contributed by atoms with Crippen molar-refractivity contribution in [3.8, 4) is 11.5 Å². The molecule has 1 aromatic carbocycles. The van der Waals surface area contributed by atoms with Gasteiger partial charge in [0.2, 0.25) is 0 Å². The highest BCUT2D eigenvalue weighted by Gasteiger charge is 2.12. The second-order valence-corrected chi connectivity index (χ2v) is 4.22. The molecule has 1 aromatic heterocycles. The molecule has 0 bridgehead atoms. The van der Waals surface area contributed by atoms with Crippen molar-refractivity contribution >= 4 is 23.3 Å². The zero-order valence-corrected chi connectivity index (χ0v) is 9.65. The Morgan fingerprint density at radius 2 is 2.17 bits per heavy atom. The van der Waals surface area contributed by atoms with Crippen molar-refractivity contribution in [1.29, 1.82) is 0 Å². The summed E-state index contributed by atoms with van der Waals surface area (Å²) in [7, 11) is 0. The average Bonchev–Trinajstić information content (AvgIpc) is 2.79. The van der Waals surface area contributed by atoms with Gasteiger partial charge in [0.25, 0.3) is 5.69 Å². The number of nitrogens with zero attached hydrogens (tertiary/aromatic N) is 1. The summed E-state index contributed by atoms with van der Waals surface area (Å²) >= 11 is 1.16. The van der Waals surface area contributed by atoms with Crippen LogP contribution in [0.15, 0.2) is 29.6 Å². The van der Waals surface area contributed by atoms with E-state index in [1.54, 1.807) is 5.38 Å². The second kappa shape index (κ2) is 4.92. The normalized spacial score (nSPS) is 10.1. The van der Waals surface area contributed by atoms with Crippen LogP contribution < -0.4 is 4.74 Å². The summed E-state index contributed by atoms with van der Waals surface area (Å²) in [5.41, 5.74) is -0.348. The lowest BCUT2D eigenvalue weighted by atomic mass is 10.3. The fourth-order valence-corrected chi connectivity index (χ4v) is 1.87. The number of thiophene rings is 1. The van der Waals surface area contributed by atoms with Crippen LogP contribution in [0.25, 0.3) is 0 Å². The molecule has 92 valence electrons. The molecule has 0 radical (unpaired) electrons. The number of ether oxygens (including phenoxy) is 1. The van der Waals surface area contributed by atoms with Gasteiger partial charge in [-0.15, -0.1) is 11.3 Å². The zero-order chi connectivity index (χ0) is 13.1. The van der Waals surface area contributed by atoms with Crippen LogP contribution in [0.2, 0.25) is 0 Å². The van der Waals surface area contributed by atoms with E-state index in [1.165, 1.54) is 12.1 Å². The molecule has 2 aromatic rings. The Balaban J connectivity index is 2.24. The van der Waals surface area contributed by atoms with Gasteiger partial charge in [-0.1, -0.05) is 0 Å². The van der Waals surface area contributed by atoms with Crippen molar-refractivity contribution in [3.63, 3.8) is 0 Å². The maximum absolute atomic E-state index is 13.5. The number of hydrogen-bond donors (Lipinski definition) is 0. The van der Waals surface area contributed by atoms with Gasteiger partial charge >= 0.3 is 0 Å². The standard InChI is InChI=1S/C11H6FNO4S/c12-10-3-7(13(15)16)1-2-11(10)17-8-4-9(5-14)18-6-8/h1-6H. The maximum Gasteiger partial charge on any atom is 0.272 e. The summed E-state index contributed by atoms with van der Waals surface area (Å²) in [5.74, 6) is -0.645. The molecule has 0 aliphatic heterocycles. The van der Waals surface area contributed by atoms with Crippen molar-refractivity contribution in [2.75, 3.05) is 0 Å². The van der Waals surface area contributed by atoms with Crippen LogP contribution in [0.1, 0.15) is 9.67 Å². The van der Waals surface area contributed by atoms with Crippen LogP contribution in [-0.2, 0) is 0 Å². The molecule has 1 heterocycles. The SMILES string of the molecule is O=Cc1cc(Oc2ccc([N+](=O)[O-])cc2F)cs1. The van der Waals surface area contributed by atoms with Crippen LogP contribution in [0, 0.1) is 15.9 Å². The molecule has 2 rings (SSSR count). The molecule has 0 fully saturated rings. The minimum atomic E-state index is -0.831. The zero-order valence-electron chi connectivity index (χ0n) is 8.83. The maximum atomic E-state index is 13.5. The number of carbonyl (C=O) groups is 1. The van der Waals surface area contributed by atoms with Gasteiger partial charge in [-0.05, 0) is 6.07 Å². The smallest absolute Gasteiger partial charge is 0.272 e. The minimum Gasteiger partial charge on any atom is -0.453 e. The van der Waals surface area contributed by atoms with E-state index < -0.39 is 10.7 Å². The number of nitro groups is 1. The lowest BCUT2D eigenvalue weighted by Gasteiger charge is -2.03. The topological polar surface area (TPSA) is 69.4 Å². The van der Waals surface area contributed by atoms with Crippen molar-refractivity contribution in [3.05, 3.63) is 50.5 Å². The van der Waals surface area contributed by atoms with E-state index in [4.69, 9.17) is 4.74 Å². The quantitative estimate of drug-likeness (QED) is 0.483. The summed E-state index contributed by atoms with van der Waals surface area (Å²) in [6.45, 7) is 0. The summed E-state index contributed by atoms with van der Waals surface area (Å²) < 4.78 is 18.7. The van der Waals surface area contributed by atoms with E-state index in [9.17, 15) is 19.3 Å². The summed E-state index contributed by atoms with van der Waals surface area (Å²) in [4.78, 5) is 20.6. The first-order valence-electron chi connectivity index (χ1n) is 4.75. The molecule has 0 atom stereocenters. The number of halogens is 1. The van der Waals surface area contributed by atoms with E-state index in [-0.39, 0.29) is 11.4 Å². The molecule has 7 heteroatoms. The third-order valence-electron chi connectivity index (χ3n) is 2.07. The van der Waals surface area contributed by atoms with Crippen LogP contribution >= 0.6 is 11.3 Å². The Morgan fingerprint density at radius 1 is 1.39 bits per heavy atom. The molecule has 0 N–H and O–H groups in total. The van der Waals surface area contributed by atoms with Gasteiger partial charge in [-0.25, -0.2) is 4.39 Å². The Kier molecular flexibility index (Phi) is 3.33. The molecule has 0 spiro atoms. The first kappa shape index (κ1) is 12.2. The number of benzene rings is 1. The highest BCUT2D eigenvalue weighted by Crippen LogP contribution is 2.29. The molecule has 0 saturated heterocycles. The predicted molar refractivity (Wildman–Crippen MR) is 62.8 cm³/mol. The summed E-state index contributed by atoms with van der Waals surface area (Å²) in [6.07, 6.45) is 0.656. The number of non-ortho nitro benzene ring substituents is 1. The molecule has 0 saturated carbocycles. The van der Waals surface area contributed by atoms with E-state index in [0.717, 1.165) is 23.5 Å². The Hall–Kier alpha value is -2.28. The number of carbonyl (C=O) groups excluding carboxylic acids is 1. The number of rotatable bonds is 4. The fourth-order valence-electron chi connectivity index (χ4n) is 1.26. The average molecular weight is 267 g/mol. The molecule has 5 nitrogen and oxygen atoms in total. The highest BCUT2D eigenvalue weighted by atomic mass is 32.1. The fraction of sp³-hybridized carbons (Fsp3) is 0. The minimum absolute atomic E-state index is 0.129. The number of hydrogen-bond acceptors (Lipinski definition) is 5. The lowest BCUT2D eigenvalue weighted by molar-refractivity contribution is -0.385. The Morgan fingerprint density at radius 3 is 2.72 bits per heavy atom. The first-order valence-corrected chi connectivity index (χ1v) is 5.63. The molecular weight excluding hydrogens is 261 g/mol. The van der Waals surface area contributed by atoms with E-state index in [0.29, 0.717) is 16.9 Å². The number of aldehydes is 1. The third kappa shape index (κ3) is 2.51. The molecule has 0 unspecified atom stereocenters. The lowest BCUT2D eigenvalue weighted by Crippen LogP contribution is -1.91. The van der Waals surface area contributed by atoms with Gasteiger partial charge in [0.05, 0.1) is 15.9 Å². The van der Waals surface area contributed by atoms with E-state index in [2.05, 4.69) is 0 Å². The predicted octanol–water partition coefficient (Wildman–Crippen LogP) is 3.40. The largest absolute Gasteiger partial charge is 0.453 e. The van der Waals surface area contributed by atoms with Crippen molar-refractivity contribution in [2.24, 2.45) is 0 Å². The van der Waals surface area contributed by atoms with Gasteiger partial charge in [-0.2, -0.15) is 0 Å². The third-order valence-corrected chi connectivity index (χ3v) is 2.90. The highest BCUT2D eigenvalue weighted by molar-refractivity contribution is 7.11. The Labute approximate surface area is 105 Å². The second-order valence-electron chi connectivity index (χ2n) is 3.28. The van der Waals surface area contributed by atoms with Gasteiger partial charge in [0.15, 0.2) is 17.9 Å². The van der Waals surface area contributed by atoms with Crippen LogP contribution in [-0.4, -0.2) is 11.2 Å². The van der Waals surface area contributed by atoms with Crippen LogP contribution in [0.5, 0.6) is 11.5 Å². The summed E-state index contributed by atoms with van der Waals surface area (Å²) in [6, 6.07) is 4.55. The van der Waals surface area contributed by atoms with Gasteiger partial charge in [0.1, 0.15) is 5.75 Å². The van der Waals surface area contributed by atoms with Crippen molar-refractivity contribution in [2.45, 2.75) is 0 Å². The molecule has 0 aliphatic carbocycles. The van der Waals surface area contributed by atoms with Crippen LogP contribution in [0.4, 0.5) is 10.1 Å². The first-order chi connectivity index (χ1) is 8.60. The molecule has 18 heavy (non-hydrogen) atoms. The van der Waals surface area contributed by atoms with Crippen molar-refractivity contribution in [1.82, 2.24) is 0 Å². The van der Waals surface area contributed by atoms with E-state index >= 15 is 0 Å². The van der Waals surface area contributed by atoms with Gasteiger partial charge < -0.3 is 4.74 Å². The number of nitro benzene ring substituents is 1. The van der Waals surface area contributed by atoms with Crippen LogP contribution in [0.3, 0.4) is 0 Å². The molecule has 0 aliphatic rings. The van der Waals surface area contributed by atoms with Gasteiger partial charge in [0, 0.05) is 17.5 Å². The van der Waals surface area contributed by atoms with E-state index in [1.807, 2.05) is 0 Å². The Bertz CT molecular complexity index is 611. The monoisotopic (exact) mass is 267 g/mol. The summed E-state index contributed by atoms with van der Waals surface area (Å²) in [5, 5.41) is 12.0. The van der Waals surface area contributed by atoms with Gasteiger partial charge in [-0.3, -0.25) is 14.9 Å². The molecule has 0 amide bonds. The van der Waals surface area contributed by atoms with Crippen molar-refractivity contribution < 1.29 is 18.8 Å².